The lowest BCUT2D eigenvalue weighted by Gasteiger charge is -2.55. The molecule has 0 aromatic rings. The molecule has 0 heterocycles. The molecule has 106 valence electrons. The first-order chi connectivity index (χ1) is 8.98. The molecule has 0 aromatic heterocycles. The Kier molecular flexibility index (Phi) is 3.18. The summed E-state index contributed by atoms with van der Waals surface area (Å²) in [4.78, 5) is 24.2. The predicted molar refractivity (Wildman–Crippen MR) is 73.5 cm³/mol. The Bertz CT molecular complexity index is 364. The van der Waals surface area contributed by atoms with Crippen molar-refractivity contribution in [1.29, 1.82) is 0 Å². The average Bonchev–Trinajstić information content (AvgIpc) is 2.33. The Morgan fingerprint density at radius 3 is 1.95 bits per heavy atom. The van der Waals surface area contributed by atoms with E-state index in [1.54, 1.807) is 0 Å². The van der Waals surface area contributed by atoms with Gasteiger partial charge in [-0.3, -0.25) is 9.59 Å². The van der Waals surface area contributed by atoms with E-state index < -0.39 is 0 Å². The van der Waals surface area contributed by atoms with E-state index in [2.05, 4.69) is 5.32 Å². The van der Waals surface area contributed by atoms with Gasteiger partial charge in [0.05, 0.1) is 6.54 Å². The summed E-state index contributed by atoms with van der Waals surface area (Å²) in [6.07, 6.45) is 7.24. The number of hydrogen-bond donors (Lipinski definition) is 1. The minimum absolute atomic E-state index is 0.0108. The van der Waals surface area contributed by atoms with E-state index in [-0.39, 0.29) is 29.6 Å². The molecule has 3 heteroatoms. The van der Waals surface area contributed by atoms with Crippen molar-refractivity contribution >= 4 is 11.7 Å². The highest BCUT2D eigenvalue weighted by Crippen LogP contribution is 2.60. The van der Waals surface area contributed by atoms with Gasteiger partial charge in [-0.05, 0) is 56.3 Å². The first-order valence-electron chi connectivity index (χ1n) is 7.79. The Morgan fingerprint density at radius 2 is 1.53 bits per heavy atom. The van der Waals surface area contributed by atoms with Crippen LogP contribution in [0, 0.1) is 29.1 Å². The predicted octanol–water partition coefficient (Wildman–Crippen LogP) is 2.54. The lowest BCUT2D eigenvalue weighted by Crippen LogP contribution is -2.54. The van der Waals surface area contributed by atoms with Crippen LogP contribution < -0.4 is 5.32 Å². The van der Waals surface area contributed by atoms with Crippen molar-refractivity contribution < 1.29 is 9.59 Å². The third-order valence-electron chi connectivity index (χ3n) is 5.59. The smallest absolute Gasteiger partial charge is 0.226 e. The van der Waals surface area contributed by atoms with Crippen molar-refractivity contribution in [2.24, 2.45) is 29.1 Å². The number of Topliss-reactive ketones (excluding diaryl/α,β-unsaturated/α-hetero) is 1. The van der Waals surface area contributed by atoms with E-state index in [0.717, 1.165) is 37.0 Å². The number of nitrogens with one attached hydrogen (secondary N) is 1. The zero-order chi connectivity index (χ0) is 13.6. The van der Waals surface area contributed by atoms with E-state index in [9.17, 15) is 9.59 Å². The number of carbonyl (C=O) groups excluding carboxylic acids is 2. The van der Waals surface area contributed by atoms with E-state index >= 15 is 0 Å². The van der Waals surface area contributed by atoms with E-state index in [4.69, 9.17) is 0 Å². The number of carbonyl (C=O) groups is 2. The molecule has 0 radical (unpaired) electrons. The molecule has 1 amide bonds. The van der Waals surface area contributed by atoms with Crippen LogP contribution in [0.5, 0.6) is 0 Å². The summed E-state index contributed by atoms with van der Waals surface area (Å²) in [6.45, 7) is 4.00. The molecule has 4 bridgehead atoms. The van der Waals surface area contributed by atoms with Crippen molar-refractivity contribution in [2.45, 2.75) is 52.4 Å². The number of hydrogen-bond acceptors (Lipinski definition) is 2. The van der Waals surface area contributed by atoms with E-state index in [1.807, 2.05) is 13.8 Å². The molecule has 4 fully saturated rings. The maximum absolute atomic E-state index is 12.6. The lowest BCUT2D eigenvalue weighted by molar-refractivity contribution is -0.147. The van der Waals surface area contributed by atoms with Gasteiger partial charge in [-0.15, -0.1) is 0 Å². The Hall–Kier alpha value is -0.860. The summed E-state index contributed by atoms with van der Waals surface area (Å²) in [5, 5.41) is 2.93. The van der Waals surface area contributed by atoms with Gasteiger partial charge in [0.15, 0.2) is 5.78 Å². The second kappa shape index (κ2) is 4.60. The minimum atomic E-state index is -0.119. The fraction of sp³-hybridized carbons (Fsp3) is 0.875. The maximum Gasteiger partial charge on any atom is 0.226 e. The molecule has 0 spiro atoms. The molecule has 0 aromatic carbocycles. The van der Waals surface area contributed by atoms with Crippen LogP contribution in [0.3, 0.4) is 0 Å². The first-order valence-corrected chi connectivity index (χ1v) is 7.79. The fourth-order valence-electron chi connectivity index (χ4n) is 4.95. The average molecular weight is 263 g/mol. The SMILES string of the molecule is CC(C)C(=O)CNC(=O)C12CC3CC(CC(C3)C1)C2. The quantitative estimate of drug-likeness (QED) is 0.847. The topological polar surface area (TPSA) is 46.2 Å². The largest absolute Gasteiger partial charge is 0.349 e. The van der Waals surface area contributed by atoms with Crippen LogP contribution in [0.25, 0.3) is 0 Å². The van der Waals surface area contributed by atoms with Crippen LogP contribution in [0.15, 0.2) is 0 Å². The summed E-state index contributed by atoms with van der Waals surface area (Å²) >= 11 is 0. The molecule has 4 aliphatic carbocycles. The zero-order valence-electron chi connectivity index (χ0n) is 12.1. The van der Waals surface area contributed by atoms with Gasteiger partial charge in [-0.25, -0.2) is 0 Å². The zero-order valence-corrected chi connectivity index (χ0v) is 12.1. The molecular formula is C16H25NO2. The number of amides is 1. The minimum Gasteiger partial charge on any atom is -0.349 e. The monoisotopic (exact) mass is 263 g/mol. The third-order valence-corrected chi connectivity index (χ3v) is 5.59. The van der Waals surface area contributed by atoms with Gasteiger partial charge in [0, 0.05) is 11.3 Å². The van der Waals surface area contributed by atoms with Gasteiger partial charge in [-0.1, -0.05) is 13.8 Å². The highest BCUT2D eigenvalue weighted by molar-refractivity contribution is 5.89. The molecule has 0 saturated heterocycles. The van der Waals surface area contributed by atoms with Crippen LogP contribution in [0.2, 0.25) is 0 Å². The molecule has 4 rings (SSSR count). The van der Waals surface area contributed by atoms with Crippen LogP contribution >= 0.6 is 0 Å². The molecule has 0 unspecified atom stereocenters. The molecule has 19 heavy (non-hydrogen) atoms. The second-order valence-electron chi connectivity index (χ2n) is 7.50. The third kappa shape index (κ3) is 2.32. The Balaban J connectivity index is 1.65. The standard InChI is InChI=1S/C16H25NO2/c1-10(2)14(18)9-17-15(19)16-6-11-3-12(7-16)5-13(4-11)8-16/h10-13H,3-9H2,1-2H3,(H,17,19). The Morgan fingerprint density at radius 1 is 1.05 bits per heavy atom. The van der Waals surface area contributed by atoms with E-state index in [0.29, 0.717) is 0 Å². The first kappa shape index (κ1) is 13.1. The van der Waals surface area contributed by atoms with Crippen molar-refractivity contribution in [2.75, 3.05) is 6.54 Å². The second-order valence-corrected chi connectivity index (χ2v) is 7.50. The van der Waals surface area contributed by atoms with Gasteiger partial charge in [-0.2, -0.15) is 0 Å². The molecule has 4 aliphatic rings. The number of rotatable bonds is 4. The summed E-state index contributed by atoms with van der Waals surface area (Å²) in [7, 11) is 0. The normalized spacial score (nSPS) is 39.6. The summed E-state index contributed by atoms with van der Waals surface area (Å²) < 4.78 is 0. The van der Waals surface area contributed by atoms with Gasteiger partial charge < -0.3 is 5.32 Å². The fourth-order valence-corrected chi connectivity index (χ4v) is 4.95. The molecule has 0 atom stereocenters. The van der Waals surface area contributed by atoms with Crippen molar-refractivity contribution in [3.05, 3.63) is 0 Å². The molecule has 4 saturated carbocycles. The summed E-state index contributed by atoms with van der Waals surface area (Å²) in [5.41, 5.74) is -0.119. The van der Waals surface area contributed by atoms with Crippen LogP contribution in [-0.2, 0) is 9.59 Å². The molecule has 0 aliphatic heterocycles. The van der Waals surface area contributed by atoms with Crippen molar-refractivity contribution in [1.82, 2.24) is 5.32 Å². The molecular weight excluding hydrogens is 238 g/mol. The summed E-state index contributed by atoms with van der Waals surface area (Å²) in [6, 6.07) is 0. The van der Waals surface area contributed by atoms with Gasteiger partial charge >= 0.3 is 0 Å². The lowest BCUT2D eigenvalue weighted by atomic mass is 9.49. The van der Waals surface area contributed by atoms with Gasteiger partial charge in [0.1, 0.15) is 0 Å². The van der Waals surface area contributed by atoms with E-state index in [1.165, 1.54) is 19.3 Å². The molecule has 1 N–H and O–H groups in total. The van der Waals surface area contributed by atoms with Crippen molar-refractivity contribution in [3.8, 4) is 0 Å². The maximum atomic E-state index is 12.6. The van der Waals surface area contributed by atoms with Gasteiger partial charge in [0.25, 0.3) is 0 Å². The van der Waals surface area contributed by atoms with Gasteiger partial charge in [0.2, 0.25) is 5.91 Å². The Labute approximate surface area is 115 Å². The highest BCUT2D eigenvalue weighted by atomic mass is 16.2. The highest BCUT2D eigenvalue weighted by Gasteiger charge is 2.54. The number of ketones is 1. The van der Waals surface area contributed by atoms with Crippen LogP contribution in [-0.4, -0.2) is 18.2 Å². The van der Waals surface area contributed by atoms with Crippen molar-refractivity contribution in [3.63, 3.8) is 0 Å². The summed E-state index contributed by atoms with van der Waals surface area (Å²) in [5.74, 6) is 2.64. The van der Waals surface area contributed by atoms with Crippen LogP contribution in [0.1, 0.15) is 52.4 Å². The molecule has 3 nitrogen and oxygen atoms in total. The van der Waals surface area contributed by atoms with Crippen LogP contribution in [0.4, 0.5) is 0 Å².